The van der Waals surface area contributed by atoms with Crippen LogP contribution in [0.15, 0.2) is 33.6 Å². The fourth-order valence-corrected chi connectivity index (χ4v) is 2.66. The van der Waals surface area contributed by atoms with Crippen LogP contribution in [0.4, 0.5) is 0 Å². The van der Waals surface area contributed by atoms with Crippen molar-refractivity contribution in [2.45, 2.75) is 12.8 Å². The molecule has 1 aromatic carbocycles. The van der Waals surface area contributed by atoms with E-state index in [4.69, 9.17) is 11.1 Å². The zero-order chi connectivity index (χ0) is 15.3. The molecule has 0 aromatic heterocycles. The third-order valence-electron chi connectivity index (χ3n) is 3.61. The largest absolute Gasteiger partial charge is 0.316 e. The number of carbonyl (C=O) groups excluding carboxylic acids is 1. The first-order valence-electron chi connectivity index (χ1n) is 6.15. The Hall–Kier alpha value is -2.89. The number of nitrogens with zero attached hydrogens (tertiary/aromatic N) is 7. The van der Waals surface area contributed by atoms with E-state index in [1.807, 2.05) is 0 Å². The van der Waals surface area contributed by atoms with Crippen molar-refractivity contribution < 1.29 is 4.79 Å². The molecular formula is C12H11N7O2. The Morgan fingerprint density at radius 3 is 2.33 bits per heavy atom. The summed E-state index contributed by atoms with van der Waals surface area (Å²) in [6.45, 7) is 0.402. The van der Waals surface area contributed by atoms with Crippen LogP contribution in [0.1, 0.15) is 21.5 Å². The zero-order valence-corrected chi connectivity index (χ0v) is 11.0. The highest BCUT2D eigenvalue weighted by Crippen LogP contribution is 2.38. The molecule has 0 aliphatic heterocycles. The molecule has 1 aliphatic carbocycles. The molecule has 1 aliphatic rings. The highest BCUT2D eigenvalue weighted by Gasteiger charge is 2.36. The van der Waals surface area contributed by atoms with Crippen LogP contribution in [0.25, 0.3) is 20.9 Å². The first kappa shape index (κ1) is 14.5. The molecule has 0 N–H and O–H groups in total. The predicted molar refractivity (Wildman–Crippen MR) is 74.4 cm³/mol. The zero-order valence-electron chi connectivity index (χ0n) is 11.0. The average Bonchev–Trinajstić information content (AvgIpc) is 2.88. The van der Waals surface area contributed by atoms with Crippen LogP contribution in [0.3, 0.4) is 0 Å². The minimum absolute atomic E-state index is 0.201. The highest BCUT2D eigenvalue weighted by molar-refractivity contribution is 5.95. The molecule has 0 saturated heterocycles. The maximum absolute atomic E-state index is 11.3. The number of hydrogen-bond donors (Lipinski definition) is 0. The van der Waals surface area contributed by atoms with E-state index in [-0.39, 0.29) is 18.7 Å². The summed E-state index contributed by atoms with van der Waals surface area (Å²) >= 11 is 0. The summed E-state index contributed by atoms with van der Waals surface area (Å²) < 4.78 is 0. The Balaban J connectivity index is 2.33. The molecule has 0 radical (unpaired) electrons. The van der Waals surface area contributed by atoms with Gasteiger partial charge in [-0.05, 0) is 52.6 Å². The maximum Gasteiger partial charge on any atom is 0.316 e. The molecule has 2 rings (SSSR count). The Bertz CT molecular complexity index is 667. The fraction of sp³-hybridized carbons (Fsp3) is 0.417. The Labute approximate surface area is 119 Å². The lowest BCUT2D eigenvalue weighted by molar-refractivity contribution is 0.100. The first-order chi connectivity index (χ1) is 10.1. The lowest BCUT2D eigenvalue weighted by Crippen LogP contribution is -2.28. The number of carbonyl (C=O) groups is 1. The molecule has 0 saturated carbocycles. The van der Waals surface area contributed by atoms with Crippen LogP contribution in [-0.4, -0.2) is 19.0 Å². The number of benzene rings is 1. The molecule has 1 aromatic rings. The maximum atomic E-state index is 11.3. The van der Waals surface area contributed by atoms with Crippen molar-refractivity contribution in [3.05, 3.63) is 60.7 Å². The van der Waals surface area contributed by atoms with Gasteiger partial charge in [-0.15, -0.1) is 4.91 Å². The van der Waals surface area contributed by atoms with E-state index in [1.54, 1.807) is 18.2 Å². The van der Waals surface area contributed by atoms with Gasteiger partial charge < -0.3 is 0 Å². The number of nitroso groups, excluding NO2 is 1. The summed E-state index contributed by atoms with van der Waals surface area (Å²) in [4.78, 5) is 27.1. The van der Waals surface area contributed by atoms with E-state index >= 15 is 0 Å². The summed E-state index contributed by atoms with van der Waals surface area (Å²) in [5, 5.41) is 9.59. The summed E-state index contributed by atoms with van der Waals surface area (Å²) in [6, 6.07) is 4.91. The molecule has 106 valence electrons. The average molecular weight is 285 g/mol. The van der Waals surface area contributed by atoms with Crippen LogP contribution in [0.2, 0.25) is 0 Å². The molecular weight excluding hydrogens is 274 g/mol. The van der Waals surface area contributed by atoms with Gasteiger partial charge in [-0.3, -0.25) is 4.79 Å². The molecule has 0 unspecified atom stereocenters. The van der Waals surface area contributed by atoms with Gasteiger partial charge in [0.05, 0.1) is 0 Å². The van der Waals surface area contributed by atoms with Gasteiger partial charge in [-0.1, -0.05) is 16.3 Å². The van der Waals surface area contributed by atoms with E-state index in [0.717, 1.165) is 11.1 Å². The number of fused-ring (bicyclic) bond motifs is 1. The third-order valence-corrected chi connectivity index (χ3v) is 3.61. The van der Waals surface area contributed by atoms with Crippen molar-refractivity contribution >= 4 is 5.91 Å². The van der Waals surface area contributed by atoms with Gasteiger partial charge in [0.15, 0.2) is 0 Å². The molecule has 21 heavy (non-hydrogen) atoms. The molecule has 9 nitrogen and oxygen atoms in total. The topological polar surface area (TPSA) is 144 Å². The number of hydrogen-bond acceptors (Lipinski definition) is 4. The minimum atomic E-state index is -0.819. The van der Waals surface area contributed by atoms with Gasteiger partial charge in [0.25, 0.3) is 0 Å². The lowest BCUT2D eigenvalue weighted by atomic mass is 9.85. The lowest BCUT2D eigenvalue weighted by Gasteiger charge is -2.24. The molecule has 1 amide bonds. The van der Waals surface area contributed by atoms with Crippen molar-refractivity contribution in [1.82, 2.24) is 0 Å². The van der Waals surface area contributed by atoms with Crippen LogP contribution >= 0.6 is 0 Å². The predicted octanol–water partition coefficient (Wildman–Crippen LogP) is 3.30. The van der Waals surface area contributed by atoms with Crippen LogP contribution in [-0.2, 0) is 12.8 Å². The van der Waals surface area contributed by atoms with Gasteiger partial charge in [-0.25, -0.2) is 0 Å². The van der Waals surface area contributed by atoms with Crippen LogP contribution < -0.4 is 0 Å². The summed E-state index contributed by atoms with van der Waals surface area (Å²) in [7, 11) is 0. The molecule has 0 bridgehead atoms. The Kier molecular flexibility index (Phi) is 4.18. The second-order valence-electron chi connectivity index (χ2n) is 5.01. The second kappa shape index (κ2) is 6.04. The van der Waals surface area contributed by atoms with Crippen molar-refractivity contribution in [2.24, 2.45) is 20.8 Å². The monoisotopic (exact) mass is 285 g/mol. The van der Waals surface area contributed by atoms with Crippen LogP contribution in [0, 0.1) is 10.3 Å². The first-order valence-corrected chi connectivity index (χ1v) is 6.15. The Morgan fingerprint density at radius 1 is 1.14 bits per heavy atom. The van der Waals surface area contributed by atoms with Crippen molar-refractivity contribution in [3.63, 3.8) is 0 Å². The number of azide groups is 2. The van der Waals surface area contributed by atoms with Gasteiger partial charge in [0, 0.05) is 33.7 Å². The normalized spacial score (nSPS) is 19.0. The van der Waals surface area contributed by atoms with E-state index < -0.39 is 11.3 Å². The van der Waals surface area contributed by atoms with Crippen molar-refractivity contribution in [2.75, 3.05) is 13.1 Å². The minimum Gasteiger partial charge on any atom is -0.263 e. The Morgan fingerprint density at radius 2 is 1.76 bits per heavy atom. The van der Waals surface area contributed by atoms with Crippen LogP contribution in [0.5, 0.6) is 0 Å². The van der Waals surface area contributed by atoms with E-state index in [1.165, 1.54) is 0 Å². The molecule has 0 heterocycles. The smallest absolute Gasteiger partial charge is 0.263 e. The number of amides is 1. The third kappa shape index (κ3) is 3.00. The van der Waals surface area contributed by atoms with Gasteiger partial charge in [0.1, 0.15) is 0 Å². The number of rotatable bonds is 5. The van der Waals surface area contributed by atoms with E-state index in [0.29, 0.717) is 12.8 Å². The summed E-state index contributed by atoms with van der Waals surface area (Å²) in [5.74, 6) is -0.819. The van der Waals surface area contributed by atoms with Gasteiger partial charge in [-0.2, -0.15) is 0 Å². The molecule has 9 heteroatoms. The molecule has 0 atom stereocenters. The quantitative estimate of drug-likeness (QED) is 0.353. The summed E-state index contributed by atoms with van der Waals surface area (Å²) in [5.41, 5.74) is 18.6. The molecule has 0 fully saturated rings. The SMILES string of the molecule is [N-]=[N+]=NCC1(CN=[N+]=[N-])Cc2ccc(C(=O)N=O)cc2C1. The van der Waals surface area contributed by atoms with Gasteiger partial charge in [0.2, 0.25) is 0 Å². The second-order valence-corrected chi connectivity index (χ2v) is 5.01. The fourth-order valence-electron chi connectivity index (χ4n) is 2.66. The summed E-state index contributed by atoms with van der Waals surface area (Å²) in [6.07, 6.45) is 1.10. The van der Waals surface area contributed by atoms with E-state index in [2.05, 4.69) is 25.2 Å². The standard InChI is InChI=1S/C12H11N7O2/c13-18-15-6-12(7-16-19-14)4-9-2-1-8(11(20)17-21)3-10(9)5-12/h1-3H,4-7H2. The highest BCUT2D eigenvalue weighted by atomic mass is 16.3. The molecule has 0 spiro atoms. The van der Waals surface area contributed by atoms with Crippen molar-refractivity contribution in [1.29, 1.82) is 0 Å². The van der Waals surface area contributed by atoms with E-state index in [9.17, 15) is 9.70 Å². The van der Waals surface area contributed by atoms with Gasteiger partial charge >= 0.3 is 5.91 Å². The van der Waals surface area contributed by atoms with Crippen molar-refractivity contribution in [3.8, 4) is 0 Å².